The summed E-state index contributed by atoms with van der Waals surface area (Å²) in [6, 6.07) is 6.63. The van der Waals surface area contributed by atoms with E-state index in [1.807, 2.05) is 6.26 Å². The summed E-state index contributed by atoms with van der Waals surface area (Å²) in [5.74, 6) is 4.42. The van der Waals surface area contributed by atoms with E-state index in [1.54, 1.807) is 11.1 Å². The molecule has 1 aromatic carbocycles. The second-order valence-electron chi connectivity index (χ2n) is 7.47. The number of hydrogen-bond acceptors (Lipinski definition) is 1. The number of ether oxygens (including phenoxy) is 1. The molecule has 4 atom stereocenters. The van der Waals surface area contributed by atoms with E-state index in [0.29, 0.717) is 0 Å². The van der Waals surface area contributed by atoms with E-state index in [0.717, 1.165) is 29.4 Å². The lowest BCUT2D eigenvalue weighted by Gasteiger charge is -2.48. The second-order valence-corrected chi connectivity index (χ2v) is 7.47. The van der Waals surface area contributed by atoms with Crippen LogP contribution in [0.2, 0.25) is 0 Å². The first kappa shape index (κ1) is 14.4. The molecule has 4 unspecified atom stereocenters. The third-order valence-electron chi connectivity index (χ3n) is 6.25. The molecule has 0 spiro atoms. The summed E-state index contributed by atoms with van der Waals surface area (Å²) in [5.41, 5.74) is 3.10. The molecule has 0 aromatic heterocycles. The summed E-state index contributed by atoms with van der Waals surface area (Å²) < 4.78 is 5.87. The predicted octanol–water partition coefficient (Wildman–Crippen LogP) is 5.85. The minimum atomic E-state index is 0.741. The predicted molar refractivity (Wildman–Crippen MR) is 91.1 cm³/mol. The summed E-state index contributed by atoms with van der Waals surface area (Å²) in [5, 5.41) is 0. The van der Waals surface area contributed by atoms with Gasteiger partial charge in [0.2, 0.25) is 0 Å². The van der Waals surface area contributed by atoms with Crippen molar-refractivity contribution in [2.24, 2.45) is 17.8 Å². The van der Waals surface area contributed by atoms with Gasteiger partial charge in [0.05, 0.1) is 6.26 Å². The number of allylic oxidation sites excluding steroid dienone is 1. The Morgan fingerprint density at radius 1 is 1.09 bits per heavy atom. The summed E-state index contributed by atoms with van der Waals surface area (Å²) in [6.07, 6.45) is 15.5. The maximum atomic E-state index is 5.87. The number of benzene rings is 1. The molecule has 0 saturated heterocycles. The van der Waals surface area contributed by atoms with Crippen molar-refractivity contribution >= 4 is 0 Å². The number of hydrogen-bond donors (Lipinski definition) is 0. The standard InChI is InChI=1S/C21H28O/c1-2-3-4-5-6-7-10-16-17-12-13-22-19-11-8-9-15-14-18(16)21(17)20(15)19/h8-9,11-13,16-18,21H,2-7,10,14H2,1H3. The fourth-order valence-corrected chi connectivity index (χ4v) is 5.18. The van der Waals surface area contributed by atoms with Crippen molar-refractivity contribution in [2.45, 2.75) is 64.2 Å². The lowest BCUT2D eigenvalue weighted by molar-refractivity contribution is 0.0718. The molecule has 118 valence electrons. The molecule has 1 fully saturated rings. The molecular formula is C21H28O. The maximum absolute atomic E-state index is 5.87. The lowest BCUT2D eigenvalue weighted by Crippen LogP contribution is -2.41. The van der Waals surface area contributed by atoms with E-state index in [2.05, 4.69) is 31.2 Å². The van der Waals surface area contributed by atoms with Gasteiger partial charge < -0.3 is 4.74 Å². The van der Waals surface area contributed by atoms with Crippen LogP contribution in [0.15, 0.2) is 30.5 Å². The van der Waals surface area contributed by atoms with E-state index in [9.17, 15) is 0 Å². The van der Waals surface area contributed by atoms with E-state index in [-0.39, 0.29) is 0 Å². The molecule has 2 aliphatic carbocycles. The molecule has 0 amide bonds. The summed E-state index contributed by atoms with van der Waals surface area (Å²) in [4.78, 5) is 0. The first-order valence-corrected chi connectivity index (χ1v) is 9.35. The van der Waals surface area contributed by atoms with Crippen LogP contribution in [0.3, 0.4) is 0 Å². The Bertz CT molecular complexity index is 559. The fraction of sp³-hybridized carbons (Fsp3) is 0.619. The molecule has 4 rings (SSSR count). The summed E-state index contributed by atoms with van der Waals surface area (Å²) in [6.45, 7) is 2.29. The highest BCUT2D eigenvalue weighted by Crippen LogP contribution is 2.63. The fourth-order valence-electron chi connectivity index (χ4n) is 5.18. The highest BCUT2D eigenvalue weighted by Gasteiger charge is 2.54. The van der Waals surface area contributed by atoms with Crippen molar-refractivity contribution in [1.82, 2.24) is 0 Å². The lowest BCUT2D eigenvalue weighted by atomic mass is 9.55. The molecular weight excluding hydrogens is 268 g/mol. The molecule has 3 aliphatic rings. The Hall–Kier alpha value is -1.24. The van der Waals surface area contributed by atoms with Crippen LogP contribution in [0.25, 0.3) is 0 Å². The van der Waals surface area contributed by atoms with Crippen molar-refractivity contribution < 1.29 is 4.74 Å². The van der Waals surface area contributed by atoms with E-state index in [1.165, 1.54) is 51.4 Å². The van der Waals surface area contributed by atoms with Crippen LogP contribution in [0.5, 0.6) is 5.75 Å². The minimum absolute atomic E-state index is 0.741. The van der Waals surface area contributed by atoms with Gasteiger partial charge in [-0.15, -0.1) is 0 Å². The largest absolute Gasteiger partial charge is 0.465 e. The normalized spacial score (nSPS) is 30.4. The van der Waals surface area contributed by atoms with Crippen molar-refractivity contribution in [3.8, 4) is 5.75 Å². The summed E-state index contributed by atoms with van der Waals surface area (Å²) in [7, 11) is 0. The van der Waals surface area contributed by atoms with Crippen LogP contribution in [-0.4, -0.2) is 0 Å². The molecule has 1 heteroatoms. The Kier molecular flexibility index (Phi) is 3.98. The van der Waals surface area contributed by atoms with Gasteiger partial charge in [-0.05, 0) is 54.2 Å². The molecule has 1 nitrogen and oxygen atoms in total. The van der Waals surface area contributed by atoms with Gasteiger partial charge in [-0.1, -0.05) is 57.6 Å². The van der Waals surface area contributed by atoms with Crippen LogP contribution in [0.1, 0.15) is 68.9 Å². The molecule has 0 radical (unpaired) electrons. The van der Waals surface area contributed by atoms with Crippen molar-refractivity contribution in [2.75, 3.05) is 0 Å². The molecule has 1 saturated carbocycles. The second kappa shape index (κ2) is 6.10. The monoisotopic (exact) mass is 296 g/mol. The van der Waals surface area contributed by atoms with Gasteiger partial charge in [0.1, 0.15) is 5.75 Å². The molecule has 0 bridgehead atoms. The van der Waals surface area contributed by atoms with E-state index >= 15 is 0 Å². The zero-order valence-electron chi connectivity index (χ0n) is 13.8. The van der Waals surface area contributed by atoms with E-state index in [4.69, 9.17) is 4.74 Å². The third kappa shape index (κ3) is 2.30. The Morgan fingerprint density at radius 3 is 2.86 bits per heavy atom. The quantitative estimate of drug-likeness (QED) is 0.574. The molecule has 1 heterocycles. The Morgan fingerprint density at radius 2 is 1.95 bits per heavy atom. The molecule has 1 aromatic rings. The van der Waals surface area contributed by atoms with E-state index < -0.39 is 0 Å². The number of rotatable bonds is 7. The van der Waals surface area contributed by atoms with Crippen molar-refractivity contribution in [1.29, 1.82) is 0 Å². The van der Waals surface area contributed by atoms with Gasteiger partial charge in [0.25, 0.3) is 0 Å². The highest BCUT2D eigenvalue weighted by atomic mass is 16.5. The number of unbranched alkanes of at least 4 members (excludes halogenated alkanes) is 5. The van der Waals surface area contributed by atoms with Gasteiger partial charge in [-0.25, -0.2) is 0 Å². The topological polar surface area (TPSA) is 9.23 Å². The summed E-state index contributed by atoms with van der Waals surface area (Å²) >= 11 is 0. The molecule has 22 heavy (non-hydrogen) atoms. The smallest absolute Gasteiger partial charge is 0.130 e. The van der Waals surface area contributed by atoms with Crippen LogP contribution < -0.4 is 4.74 Å². The van der Waals surface area contributed by atoms with Gasteiger partial charge in [0, 0.05) is 5.56 Å². The van der Waals surface area contributed by atoms with Gasteiger partial charge in [-0.3, -0.25) is 0 Å². The van der Waals surface area contributed by atoms with Gasteiger partial charge in [-0.2, -0.15) is 0 Å². The average Bonchev–Trinajstić information content (AvgIpc) is 2.75. The van der Waals surface area contributed by atoms with Crippen LogP contribution in [0.4, 0.5) is 0 Å². The Labute approximate surface area is 134 Å². The van der Waals surface area contributed by atoms with Crippen molar-refractivity contribution in [3.05, 3.63) is 41.7 Å². The SMILES string of the molecule is CCCCCCCCC1C2C=COc3cccc4c3C2C1C4. The van der Waals surface area contributed by atoms with Crippen LogP contribution >= 0.6 is 0 Å². The van der Waals surface area contributed by atoms with Crippen LogP contribution in [0, 0.1) is 17.8 Å². The van der Waals surface area contributed by atoms with Gasteiger partial charge in [0.15, 0.2) is 0 Å². The first-order chi connectivity index (χ1) is 10.9. The molecule has 1 aliphatic heterocycles. The van der Waals surface area contributed by atoms with Crippen molar-refractivity contribution in [3.63, 3.8) is 0 Å². The van der Waals surface area contributed by atoms with Crippen LogP contribution in [-0.2, 0) is 6.42 Å². The third-order valence-corrected chi connectivity index (χ3v) is 6.25. The minimum Gasteiger partial charge on any atom is -0.465 e. The Balaban J connectivity index is 1.38. The zero-order valence-corrected chi connectivity index (χ0v) is 13.8. The maximum Gasteiger partial charge on any atom is 0.130 e. The van der Waals surface area contributed by atoms with Gasteiger partial charge >= 0.3 is 0 Å². The molecule has 0 N–H and O–H groups in total. The zero-order chi connectivity index (χ0) is 14.9. The average molecular weight is 296 g/mol. The highest BCUT2D eigenvalue weighted by molar-refractivity contribution is 5.51. The first-order valence-electron chi connectivity index (χ1n) is 9.35.